The molecule has 4 heteroatoms. The Kier molecular flexibility index (Phi) is 4.28. The van der Waals surface area contributed by atoms with Crippen LogP contribution < -0.4 is 0 Å². The predicted molar refractivity (Wildman–Crippen MR) is 59.1 cm³/mol. The van der Waals surface area contributed by atoms with Gasteiger partial charge in [0.2, 0.25) is 0 Å². The summed E-state index contributed by atoms with van der Waals surface area (Å²) in [4.78, 5) is 9.88. The third-order valence-electron chi connectivity index (χ3n) is 2.40. The number of rotatable bonds is 0. The summed E-state index contributed by atoms with van der Waals surface area (Å²) in [6.07, 6.45) is 0. The van der Waals surface area contributed by atoms with E-state index in [1.54, 1.807) is 0 Å². The van der Waals surface area contributed by atoms with Crippen LogP contribution in [0, 0.1) is 0 Å². The van der Waals surface area contributed by atoms with E-state index >= 15 is 0 Å². The molecule has 0 aromatic carbocycles. The van der Waals surface area contributed by atoms with Crippen molar-refractivity contribution in [3.63, 3.8) is 0 Å². The van der Waals surface area contributed by atoms with Gasteiger partial charge in [0, 0.05) is 0 Å². The van der Waals surface area contributed by atoms with E-state index in [9.17, 15) is 0 Å². The number of hydrogen-bond acceptors (Lipinski definition) is 4. The lowest BCUT2D eigenvalue weighted by molar-refractivity contribution is -0.194. The number of hydrogen-bond donors (Lipinski definition) is 0. The summed E-state index contributed by atoms with van der Waals surface area (Å²) in [5.41, 5.74) is 0. The van der Waals surface area contributed by atoms with Crippen LogP contribution in [0.3, 0.4) is 0 Å². The highest BCUT2D eigenvalue weighted by Crippen LogP contribution is 2.20. The molecule has 0 aliphatic carbocycles. The molecule has 0 aromatic rings. The normalized spacial score (nSPS) is 41.7. The van der Waals surface area contributed by atoms with Gasteiger partial charge in [0.05, 0.1) is 40.0 Å². The maximum atomic E-state index is 3.00. The molecule has 14 heavy (non-hydrogen) atoms. The lowest BCUT2D eigenvalue weighted by Crippen LogP contribution is -2.71. The van der Waals surface area contributed by atoms with Crippen LogP contribution in [-0.4, -0.2) is 59.6 Å². The Morgan fingerprint density at radius 1 is 0.429 bits per heavy atom. The predicted octanol–water partition coefficient (Wildman–Crippen LogP) is 0.585. The van der Waals surface area contributed by atoms with Crippen molar-refractivity contribution in [2.75, 3.05) is 40.0 Å². The van der Waals surface area contributed by atoms with Crippen LogP contribution in [0.2, 0.25) is 0 Å². The molecule has 4 aliphatic rings. The van der Waals surface area contributed by atoms with Crippen molar-refractivity contribution in [1.29, 1.82) is 0 Å². The third-order valence-corrected chi connectivity index (χ3v) is 2.40. The fraction of sp³-hybridized carbons (Fsp3) is 0.600. The second-order valence-electron chi connectivity index (χ2n) is 3.53. The summed E-state index contributed by atoms with van der Waals surface area (Å²) in [7, 11) is 0. The Bertz CT molecular complexity index is 124. The first-order valence-electron chi connectivity index (χ1n) is 4.79. The Balaban J connectivity index is 0.000000222. The average molecular weight is 196 g/mol. The molecule has 0 N–H and O–H groups in total. The van der Waals surface area contributed by atoms with Crippen LogP contribution in [0.4, 0.5) is 0 Å². The molecule has 4 nitrogen and oxygen atoms in total. The van der Waals surface area contributed by atoms with Gasteiger partial charge in [-0.25, -0.2) is 0 Å². The topological polar surface area (TPSA) is 13.0 Å². The quantitative estimate of drug-likeness (QED) is 0.526. The highest BCUT2D eigenvalue weighted by molar-refractivity contribution is 4.79. The van der Waals surface area contributed by atoms with E-state index in [0.29, 0.717) is 0 Å². The van der Waals surface area contributed by atoms with Crippen molar-refractivity contribution in [3.8, 4) is 0 Å². The van der Waals surface area contributed by atoms with E-state index < -0.39 is 0 Å². The minimum Gasteiger partial charge on any atom is -0.264 e. The summed E-state index contributed by atoms with van der Waals surface area (Å²) in [5, 5.41) is 0. The van der Waals surface area contributed by atoms with Crippen LogP contribution in [0.1, 0.15) is 0 Å². The summed E-state index contributed by atoms with van der Waals surface area (Å²) in [5.74, 6) is 0. The maximum absolute atomic E-state index is 3.00. The van der Waals surface area contributed by atoms with Crippen molar-refractivity contribution in [1.82, 2.24) is 19.6 Å². The molecule has 0 atom stereocenters. The average Bonchev–Trinajstić information content (AvgIpc) is 2.22. The van der Waals surface area contributed by atoms with Crippen molar-refractivity contribution in [2.45, 2.75) is 0 Å². The van der Waals surface area contributed by atoms with Crippen molar-refractivity contribution in [2.24, 2.45) is 0 Å². The van der Waals surface area contributed by atoms with E-state index in [-0.39, 0.29) is 0 Å². The van der Waals surface area contributed by atoms with Gasteiger partial charge in [0.25, 0.3) is 0 Å². The smallest absolute Gasteiger partial charge is 0.0555 e. The second kappa shape index (κ2) is 5.26. The first kappa shape index (κ1) is 11.4. The van der Waals surface area contributed by atoms with Crippen LogP contribution in [-0.2, 0) is 0 Å². The third kappa shape index (κ3) is 2.22. The largest absolute Gasteiger partial charge is 0.264 e. The molecular formula is C10H20N4. The van der Waals surface area contributed by atoms with E-state index in [0.717, 1.165) is 0 Å². The summed E-state index contributed by atoms with van der Waals surface area (Å²) >= 11 is 0. The first-order chi connectivity index (χ1) is 6.90. The molecule has 4 rings (SSSR count). The van der Waals surface area contributed by atoms with E-state index in [4.69, 9.17) is 0 Å². The zero-order valence-electron chi connectivity index (χ0n) is 8.86. The summed E-state index contributed by atoms with van der Waals surface area (Å²) in [6.45, 7) is 19.1. The molecule has 4 aliphatic heterocycles. The zero-order valence-corrected chi connectivity index (χ0v) is 8.86. The number of nitrogens with zero attached hydrogens (tertiary/aromatic N) is 4. The Labute approximate surface area is 86.7 Å². The fourth-order valence-electron chi connectivity index (χ4n) is 2.23. The van der Waals surface area contributed by atoms with Gasteiger partial charge in [0.15, 0.2) is 0 Å². The fourth-order valence-corrected chi connectivity index (χ4v) is 2.23. The standard InChI is InChI=1S/C6H12N4.2C2H4/c1-7-2-9-4-8(1)5-10(3-7)6-9;2*1-2/h1-6H2;2*1-2H2. The molecular weight excluding hydrogens is 176 g/mol. The molecule has 0 radical (unpaired) electrons. The minimum absolute atomic E-state index is 1.19. The lowest BCUT2D eigenvalue weighted by Gasteiger charge is -2.56. The Morgan fingerprint density at radius 2 is 0.571 bits per heavy atom. The van der Waals surface area contributed by atoms with Gasteiger partial charge in [-0.2, -0.15) is 0 Å². The molecule has 4 fully saturated rings. The van der Waals surface area contributed by atoms with Crippen molar-refractivity contribution in [3.05, 3.63) is 26.3 Å². The lowest BCUT2D eigenvalue weighted by atomic mass is 10.4. The maximum Gasteiger partial charge on any atom is 0.0555 e. The van der Waals surface area contributed by atoms with Gasteiger partial charge in [-0.3, -0.25) is 19.6 Å². The molecule has 4 bridgehead atoms. The molecule has 4 heterocycles. The van der Waals surface area contributed by atoms with Crippen LogP contribution >= 0.6 is 0 Å². The SMILES string of the molecule is C1N2CN3CN1CN(C2)C3.C=C.C=C. The minimum atomic E-state index is 1.19. The molecule has 0 aromatic heterocycles. The van der Waals surface area contributed by atoms with Crippen LogP contribution in [0.15, 0.2) is 26.3 Å². The molecule has 80 valence electrons. The molecule has 4 saturated heterocycles. The van der Waals surface area contributed by atoms with Gasteiger partial charge in [-0.15, -0.1) is 26.3 Å². The van der Waals surface area contributed by atoms with Crippen LogP contribution in [0.5, 0.6) is 0 Å². The summed E-state index contributed by atoms with van der Waals surface area (Å²) < 4.78 is 0. The van der Waals surface area contributed by atoms with E-state index in [2.05, 4.69) is 45.9 Å². The highest BCUT2D eigenvalue weighted by atomic mass is 15.7. The zero-order chi connectivity index (χ0) is 10.6. The van der Waals surface area contributed by atoms with Gasteiger partial charge in [-0.1, -0.05) is 0 Å². The van der Waals surface area contributed by atoms with Crippen LogP contribution in [0.25, 0.3) is 0 Å². The highest BCUT2D eigenvalue weighted by Gasteiger charge is 2.36. The van der Waals surface area contributed by atoms with E-state index in [1.807, 2.05) is 0 Å². The summed E-state index contributed by atoms with van der Waals surface area (Å²) in [6, 6.07) is 0. The van der Waals surface area contributed by atoms with Gasteiger partial charge in [0.1, 0.15) is 0 Å². The Morgan fingerprint density at radius 3 is 0.714 bits per heavy atom. The molecule has 0 unspecified atom stereocenters. The molecule has 0 amide bonds. The van der Waals surface area contributed by atoms with Gasteiger partial charge < -0.3 is 0 Å². The van der Waals surface area contributed by atoms with E-state index in [1.165, 1.54) is 40.0 Å². The molecule has 0 spiro atoms. The van der Waals surface area contributed by atoms with Gasteiger partial charge in [-0.05, 0) is 0 Å². The van der Waals surface area contributed by atoms with Crippen molar-refractivity contribution >= 4 is 0 Å². The molecule has 0 saturated carbocycles. The van der Waals surface area contributed by atoms with Gasteiger partial charge >= 0.3 is 0 Å². The first-order valence-corrected chi connectivity index (χ1v) is 4.79. The Hall–Kier alpha value is -0.680. The van der Waals surface area contributed by atoms with Crippen molar-refractivity contribution < 1.29 is 0 Å². The monoisotopic (exact) mass is 196 g/mol. The second-order valence-corrected chi connectivity index (χ2v) is 3.53.